The van der Waals surface area contributed by atoms with Crippen LogP contribution in [0.2, 0.25) is 0 Å². The van der Waals surface area contributed by atoms with Crippen molar-refractivity contribution in [3.8, 4) is 5.88 Å². The lowest BCUT2D eigenvalue weighted by Crippen LogP contribution is -1.99. The smallest absolute Gasteiger partial charge is 0.218 e. The van der Waals surface area contributed by atoms with E-state index in [1.54, 1.807) is 24.5 Å². The molecular weight excluding hydrogens is 328 g/mol. The Balaban J connectivity index is 1.79. The van der Waals surface area contributed by atoms with Crippen molar-refractivity contribution in [1.29, 1.82) is 0 Å². The van der Waals surface area contributed by atoms with Gasteiger partial charge in [0.05, 0.1) is 5.52 Å². The molecule has 7 nitrogen and oxygen atoms in total. The fraction of sp³-hybridized carbons (Fsp3) is 0. The quantitative estimate of drug-likeness (QED) is 0.325. The number of pyridine rings is 2. The van der Waals surface area contributed by atoms with Gasteiger partial charge in [0.1, 0.15) is 5.69 Å². The fourth-order valence-corrected chi connectivity index (χ4v) is 2.47. The zero-order valence-electron chi connectivity index (χ0n) is 13.6. The van der Waals surface area contributed by atoms with Crippen LogP contribution >= 0.6 is 0 Å². The Morgan fingerprint density at radius 1 is 0.885 bits per heavy atom. The van der Waals surface area contributed by atoms with Gasteiger partial charge in [-0.1, -0.05) is 30.3 Å². The first kappa shape index (κ1) is 15.6. The van der Waals surface area contributed by atoms with Crippen molar-refractivity contribution in [1.82, 2.24) is 15.0 Å². The molecule has 126 valence electrons. The minimum absolute atomic E-state index is 0.0480. The van der Waals surface area contributed by atoms with E-state index < -0.39 is 0 Å². The maximum atomic E-state index is 10.1. The Kier molecular flexibility index (Phi) is 4.17. The molecule has 7 heteroatoms. The van der Waals surface area contributed by atoms with Crippen molar-refractivity contribution in [3.63, 3.8) is 0 Å². The van der Waals surface area contributed by atoms with E-state index in [1.807, 2.05) is 48.5 Å². The molecule has 0 aliphatic carbocycles. The van der Waals surface area contributed by atoms with Gasteiger partial charge in [0.25, 0.3) is 0 Å². The number of aromatic hydroxyl groups is 1. The lowest BCUT2D eigenvalue weighted by atomic mass is 10.2. The van der Waals surface area contributed by atoms with Gasteiger partial charge in [0, 0.05) is 17.8 Å². The van der Waals surface area contributed by atoms with E-state index in [4.69, 9.17) is 0 Å². The van der Waals surface area contributed by atoms with Crippen molar-refractivity contribution in [2.24, 2.45) is 15.2 Å². The molecule has 0 aliphatic rings. The number of aromatic amines is 1. The van der Waals surface area contributed by atoms with Crippen LogP contribution in [0.4, 0.5) is 11.5 Å². The van der Waals surface area contributed by atoms with E-state index in [9.17, 15) is 5.11 Å². The van der Waals surface area contributed by atoms with Gasteiger partial charge in [-0.2, -0.15) is 0 Å². The fourth-order valence-electron chi connectivity index (χ4n) is 2.47. The molecule has 0 bridgehead atoms. The molecule has 0 unspecified atom stereocenters. The monoisotopic (exact) mass is 342 g/mol. The number of aliphatic imine (C=N–C) groups is 1. The second-order valence-corrected chi connectivity index (χ2v) is 5.41. The zero-order valence-corrected chi connectivity index (χ0v) is 13.6. The van der Waals surface area contributed by atoms with Crippen LogP contribution < -0.4 is 0 Å². The summed E-state index contributed by atoms with van der Waals surface area (Å²) in [6, 6.07) is 18.3. The van der Waals surface area contributed by atoms with Gasteiger partial charge < -0.3 is 10.1 Å². The van der Waals surface area contributed by atoms with Crippen molar-refractivity contribution in [2.45, 2.75) is 0 Å². The molecule has 26 heavy (non-hydrogen) atoms. The Morgan fingerprint density at radius 3 is 2.42 bits per heavy atom. The first-order valence-corrected chi connectivity index (χ1v) is 7.94. The molecule has 0 spiro atoms. The van der Waals surface area contributed by atoms with Gasteiger partial charge in [0.15, 0.2) is 11.5 Å². The summed E-state index contributed by atoms with van der Waals surface area (Å²) in [6.07, 6.45) is 3.31. The van der Waals surface area contributed by atoms with Gasteiger partial charge in [0.2, 0.25) is 11.7 Å². The van der Waals surface area contributed by atoms with Gasteiger partial charge in [-0.3, -0.25) is 4.98 Å². The average molecular weight is 342 g/mol. The summed E-state index contributed by atoms with van der Waals surface area (Å²) >= 11 is 0. The molecule has 1 aromatic carbocycles. The summed E-state index contributed by atoms with van der Waals surface area (Å²) in [7, 11) is 0. The number of nitrogens with one attached hydrogen (secondary N) is 1. The number of fused-ring (bicyclic) bond motifs is 1. The number of nitrogens with zero attached hydrogens (tertiary/aromatic N) is 5. The molecule has 3 aromatic heterocycles. The average Bonchev–Trinajstić information content (AvgIpc) is 3.02. The molecule has 3 heterocycles. The minimum Gasteiger partial charge on any atom is -0.493 e. The van der Waals surface area contributed by atoms with Crippen LogP contribution in [0, 0.1) is 0 Å². The van der Waals surface area contributed by atoms with Crippen LogP contribution in [0.1, 0.15) is 5.69 Å². The van der Waals surface area contributed by atoms with Crippen LogP contribution in [0.15, 0.2) is 88.3 Å². The largest absolute Gasteiger partial charge is 0.493 e. The third-order valence-electron chi connectivity index (χ3n) is 3.67. The Hall–Kier alpha value is -3.87. The highest BCUT2D eigenvalue weighted by Crippen LogP contribution is 2.35. The van der Waals surface area contributed by atoms with Gasteiger partial charge in [-0.25, -0.2) is 9.98 Å². The second-order valence-electron chi connectivity index (χ2n) is 5.41. The SMILES string of the molecule is Oc1[nH]c2ccccc2c1N=N/C(=N/c1ccccn1)c1ccccn1. The molecule has 0 saturated heterocycles. The lowest BCUT2D eigenvalue weighted by Gasteiger charge is -1.99. The summed E-state index contributed by atoms with van der Waals surface area (Å²) in [4.78, 5) is 15.8. The van der Waals surface area contributed by atoms with Crippen LogP contribution in [0.5, 0.6) is 5.88 Å². The summed E-state index contributed by atoms with van der Waals surface area (Å²) in [5.74, 6) is 0.748. The first-order valence-electron chi connectivity index (χ1n) is 7.94. The second kappa shape index (κ2) is 6.94. The van der Waals surface area contributed by atoms with Crippen molar-refractivity contribution >= 4 is 28.2 Å². The van der Waals surface area contributed by atoms with Crippen LogP contribution in [0.25, 0.3) is 10.9 Å². The molecule has 0 atom stereocenters. The van der Waals surface area contributed by atoms with Crippen molar-refractivity contribution < 1.29 is 5.11 Å². The number of benzene rings is 1. The van der Waals surface area contributed by atoms with E-state index in [2.05, 4.69) is 30.2 Å². The molecule has 4 rings (SSSR count). The number of hydrogen-bond donors (Lipinski definition) is 2. The summed E-state index contributed by atoms with van der Waals surface area (Å²) < 4.78 is 0. The molecule has 2 N–H and O–H groups in total. The molecule has 0 fully saturated rings. The van der Waals surface area contributed by atoms with Crippen LogP contribution in [-0.2, 0) is 0 Å². The highest BCUT2D eigenvalue weighted by Gasteiger charge is 2.11. The number of amidine groups is 1. The first-order chi connectivity index (χ1) is 12.8. The van der Waals surface area contributed by atoms with E-state index >= 15 is 0 Å². The Bertz CT molecular complexity index is 1090. The van der Waals surface area contributed by atoms with E-state index in [-0.39, 0.29) is 5.88 Å². The molecule has 0 amide bonds. The van der Waals surface area contributed by atoms with E-state index in [0.29, 0.717) is 23.0 Å². The molecule has 0 aliphatic heterocycles. The molecule has 0 saturated carbocycles. The normalized spacial score (nSPS) is 12.1. The molecule has 4 aromatic rings. The lowest BCUT2D eigenvalue weighted by molar-refractivity contribution is 0.459. The predicted octanol–water partition coefficient (Wildman–Crippen LogP) is 4.53. The van der Waals surface area contributed by atoms with Crippen LogP contribution in [0.3, 0.4) is 0 Å². The highest BCUT2D eigenvalue weighted by atomic mass is 16.3. The number of H-pyrrole nitrogens is 1. The van der Waals surface area contributed by atoms with Crippen molar-refractivity contribution in [3.05, 3.63) is 78.8 Å². The number of hydrogen-bond acceptors (Lipinski definition) is 5. The molecule has 0 radical (unpaired) electrons. The van der Waals surface area contributed by atoms with Crippen molar-refractivity contribution in [2.75, 3.05) is 0 Å². The number of para-hydroxylation sites is 1. The van der Waals surface area contributed by atoms with Gasteiger partial charge >= 0.3 is 0 Å². The predicted molar refractivity (Wildman–Crippen MR) is 99.2 cm³/mol. The van der Waals surface area contributed by atoms with Gasteiger partial charge in [-0.05, 0) is 30.3 Å². The van der Waals surface area contributed by atoms with E-state index in [0.717, 1.165) is 10.9 Å². The maximum Gasteiger partial charge on any atom is 0.218 e. The highest BCUT2D eigenvalue weighted by molar-refractivity contribution is 5.99. The standard InChI is InChI=1S/C19H14N6O/c26-19-17(13-7-1-2-8-14(13)22-19)24-25-18(15-9-3-5-11-20-15)23-16-10-4-6-12-21-16/h1-12,22,26H/b23-18+,25-24?. The summed E-state index contributed by atoms with van der Waals surface area (Å²) in [5, 5.41) is 19.3. The van der Waals surface area contributed by atoms with E-state index in [1.165, 1.54) is 0 Å². The minimum atomic E-state index is -0.0480. The Labute approximate surface area is 148 Å². The number of aromatic nitrogens is 3. The molecular formula is C19H14N6O. The number of rotatable bonds is 3. The third kappa shape index (κ3) is 3.18. The topological polar surface area (TPSA) is 98.9 Å². The number of azo groups is 1. The van der Waals surface area contributed by atoms with Crippen LogP contribution in [-0.4, -0.2) is 25.9 Å². The summed E-state index contributed by atoms with van der Waals surface area (Å²) in [6.45, 7) is 0. The zero-order chi connectivity index (χ0) is 17.8. The summed E-state index contributed by atoms with van der Waals surface area (Å²) in [5.41, 5.74) is 1.69. The Morgan fingerprint density at radius 2 is 1.65 bits per heavy atom. The maximum absolute atomic E-state index is 10.1. The van der Waals surface area contributed by atoms with Gasteiger partial charge in [-0.15, -0.1) is 10.2 Å². The third-order valence-corrected chi connectivity index (χ3v) is 3.67.